The summed E-state index contributed by atoms with van der Waals surface area (Å²) in [6.07, 6.45) is 25.6. The summed E-state index contributed by atoms with van der Waals surface area (Å²) in [7, 11) is 11.4. The van der Waals surface area contributed by atoms with Gasteiger partial charge >= 0.3 is 0 Å². The molecule has 1 aliphatic carbocycles. The molecule has 0 spiro atoms. The van der Waals surface area contributed by atoms with Gasteiger partial charge in [-0.15, -0.1) is 0 Å². The number of hydrogen-bond donors (Lipinski definition) is 9. The number of nitrogens with zero attached hydrogens (tertiary/aromatic N) is 27. The normalized spacial score (nSPS) is 15.1. The van der Waals surface area contributed by atoms with Crippen molar-refractivity contribution in [2.75, 3.05) is 106 Å². The molecule has 143 heavy (non-hydrogen) atoms. The first-order chi connectivity index (χ1) is 68.9. The topological polar surface area (TPSA) is 483 Å². The van der Waals surface area contributed by atoms with Crippen LogP contribution in [0, 0.1) is 20.8 Å². The van der Waals surface area contributed by atoms with Gasteiger partial charge in [-0.2, -0.15) is 20.4 Å². The molecule has 4 amide bonds. The van der Waals surface area contributed by atoms with Crippen LogP contribution in [0.2, 0.25) is 0 Å². The van der Waals surface area contributed by atoms with Gasteiger partial charge in [0, 0.05) is 284 Å². The number of nitrogens with two attached hydrogens (primary N) is 4. The van der Waals surface area contributed by atoms with Crippen molar-refractivity contribution in [3.8, 4) is 33.8 Å². The van der Waals surface area contributed by atoms with Crippen LogP contribution in [0.25, 0.3) is 94.0 Å². The lowest BCUT2D eigenvalue weighted by molar-refractivity contribution is -0.131. The average Bonchev–Trinajstić information content (AvgIpc) is 1.51. The number of likely N-dealkylation sites (N-methyl/N-ethyl adjacent to an activating group) is 2. The second-order valence-electron chi connectivity index (χ2n) is 37.0. The molecule has 720 valence electrons. The fourth-order valence-corrected chi connectivity index (χ4v) is 19.1. The maximum absolute atomic E-state index is 13.2. The van der Waals surface area contributed by atoms with E-state index < -0.39 is 0 Å². The van der Waals surface area contributed by atoms with Gasteiger partial charge in [0.05, 0.1) is 57.8 Å². The van der Waals surface area contributed by atoms with Crippen LogP contribution in [0.3, 0.4) is 0 Å². The van der Waals surface area contributed by atoms with Crippen LogP contribution in [-0.2, 0) is 92.4 Å². The Kier molecular flexibility index (Phi) is 23.4. The molecular weight excluding hydrogens is 1810 g/mol. The quantitative estimate of drug-likeness (QED) is 0.0517. The molecule has 0 atom stereocenters. The second kappa shape index (κ2) is 36.6. The van der Waals surface area contributed by atoms with Gasteiger partial charge in [-0.3, -0.25) is 52.9 Å². The van der Waals surface area contributed by atoms with Gasteiger partial charge in [-0.25, -0.2) is 44.9 Å². The van der Waals surface area contributed by atoms with Crippen molar-refractivity contribution in [3.05, 3.63) is 269 Å². The monoisotopic (exact) mass is 1910 g/mol. The summed E-state index contributed by atoms with van der Waals surface area (Å²) in [5, 5.41) is 40.8. The molecule has 7 aliphatic heterocycles. The number of hydrogen-bond acceptors (Lipinski definition) is 31. The predicted molar refractivity (Wildman–Crippen MR) is 551 cm³/mol. The largest absolute Gasteiger partial charge is 0.383 e. The maximum Gasteiger partial charge on any atom is 0.276 e. The Hall–Kier alpha value is -18.1. The molecule has 24 rings (SSSR count). The fourth-order valence-electron chi connectivity index (χ4n) is 19.1. The summed E-state index contributed by atoms with van der Waals surface area (Å²) in [4.78, 5) is 115. The van der Waals surface area contributed by atoms with Crippen LogP contribution >= 0.6 is 0 Å². The Balaban J connectivity index is 0.000000113. The Bertz CT molecular complexity index is 8150. The molecule has 0 radical (unpaired) electrons. The zero-order valence-electron chi connectivity index (χ0n) is 80.5. The zero-order chi connectivity index (χ0) is 99.4. The number of nitrogen functional groups attached to an aromatic ring is 4. The lowest BCUT2D eigenvalue weighted by Crippen LogP contribution is -2.29. The second-order valence-corrected chi connectivity index (χ2v) is 37.0. The number of amides is 4. The van der Waals surface area contributed by atoms with E-state index in [1.807, 2.05) is 137 Å². The lowest BCUT2D eigenvalue weighted by atomic mass is 10.00. The first-order valence-corrected chi connectivity index (χ1v) is 46.7. The highest BCUT2D eigenvalue weighted by Crippen LogP contribution is 2.42. The SMILES string of the molecule is C=C1C=CC=C(N(C)C(=O)c2cc3cc(Nc4cc5n(n4)CC(=O)N(C)CC5)ncc3c(N)n2)C1.C=C1c2ncc(-c3cc4cc(Nc5cc6n(n5)CC(=O)N(C)CC6)ncc4c(N)n3)c(C)c2CN1C.C=C1c2ncc(-c3cc4cc(Nc5cc6n(n5)CC(=O)NCC6)ncc4c(N)n3)c(C)c2CN1C.C=C1c2ncc(-c3cc4cc(Nc5cc6n(n5)Cc5nccn5CC6)ncc4c(N)n3)c(C)c2CN1C. The van der Waals surface area contributed by atoms with E-state index in [-0.39, 0.29) is 54.8 Å². The number of carbonyl (C=O) groups excluding carboxylic acids is 4. The third kappa shape index (κ3) is 17.8. The van der Waals surface area contributed by atoms with E-state index in [1.165, 1.54) is 16.7 Å². The van der Waals surface area contributed by atoms with Gasteiger partial charge in [0.1, 0.15) is 77.7 Å². The molecule has 8 aliphatic rings. The third-order valence-corrected chi connectivity index (χ3v) is 27.6. The van der Waals surface area contributed by atoms with Crippen LogP contribution in [0.15, 0.2) is 184 Å². The van der Waals surface area contributed by atoms with E-state index >= 15 is 0 Å². The standard InChI is InChI=1S/C27H26N10.C26H27N9O.C25H25N9O.C25H26N8O2/c1-15-19(11-31-26-16(2)35(3)13-21(15)26)22-8-17-9-23(30-12-20(17)27(28)32-22)33-24-10-18-4-6-36-7-5-29-25(36)14-37(18)34-24;1-14-18(10-29-25-15(2)34(4)12-20(14)25)21-7-16-8-22(28-11-19(16)26(27)30-21)31-23-9-17-5-6-33(3)24(36)13-35(17)32-23;1-13-17(9-29-24-14(2)33(3)11-19(13)24)20-6-15-7-21(28-10-18(15)25(26)30-20)31-22-8-16-4-5-27-23(35)12-34(16)32-22;1-15-5-4-6-17(9-15)32(3)25(35)20-10-16-11-21(27-13-19(16)24(26)28-20)29-22-12-18-7-8-31(2)23(34)14-33(18)30-22/h5,7-12H,2,4,6,13-14H2,1,3H3,(H2,28,32)(H,30,33,34);7-11H,2,5-6,12-13H2,1,3-4H3,(H2,27,30)(H,28,31,32);6-10H,2,4-5,11-12H2,1,3H3,(H2,26,30)(H,27,35)(H,28,31,32);4-6,10-13H,1,7-9,14H2,2-3H3,(H2,26,28)(H,27,29,30). The summed E-state index contributed by atoms with van der Waals surface area (Å²) < 4.78 is 9.38. The highest BCUT2D eigenvalue weighted by molar-refractivity contribution is 6.02. The van der Waals surface area contributed by atoms with Crippen molar-refractivity contribution >= 4 is 154 Å². The van der Waals surface area contributed by atoms with Gasteiger partial charge in [-0.1, -0.05) is 38.5 Å². The number of anilines is 12. The molecular formula is C103H104N36O4. The summed E-state index contributed by atoms with van der Waals surface area (Å²) >= 11 is 0. The molecule has 40 heteroatoms. The van der Waals surface area contributed by atoms with Gasteiger partial charge in [-0.05, 0) is 119 Å². The number of aromatic nitrogens is 21. The van der Waals surface area contributed by atoms with Crippen molar-refractivity contribution in [1.82, 2.24) is 138 Å². The first kappa shape index (κ1) is 91.3. The number of carbonyl (C=O) groups is 4. The minimum Gasteiger partial charge on any atom is -0.383 e. The zero-order valence-corrected chi connectivity index (χ0v) is 80.5. The van der Waals surface area contributed by atoms with Crippen molar-refractivity contribution in [2.24, 2.45) is 0 Å². The molecule has 0 aromatic carbocycles. The molecule has 0 saturated heterocycles. The van der Waals surface area contributed by atoms with Crippen molar-refractivity contribution in [1.29, 1.82) is 0 Å². The Morgan fingerprint density at radius 1 is 0.413 bits per heavy atom. The lowest BCUT2D eigenvalue weighted by Gasteiger charge is -2.22. The number of fused-ring (bicyclic) bond motifs is 12. The van der Waals surface area contributed by atoms with Crippen LogP contribution in [0.1, 0.15) is 96.0 Å². The molecule has 0 bridgehead atoms. The van der Waals surface area contributed by atoms with E-state index in [0.717, 1.165) is 220 Å². The van der Waals surface area contributed by atoms with Gasteiger partial charge in [0.15, 0.2) is 23.3 Å². The van der Waals surface area contributed by atoms with Crippen molar-refractivity contribution in [2.45, 2.75) is 105 Å². The minimum atomic E-state index is -0.258. The third-order valence-electron chi connectivity index (χ3n) is 27.6. The van der Waals surface area contributed by atoms with Gasteiger partial charge < -0.3 is 83.5 Å². The molecule has 0 fully saturated rings. The van der Waals surface area contributed by atoms with Crippen LogP contribution < -0.4 is 49.5 Å². The number of pyridine rings is 11. The first-order valence-electron chi connectivity index (χ1n) is 46.7. The Morgan fingerprint density at radius 3 is 1.19 bits per heavy atom. The maximum atomic E-state index is 13.2. The van der Waals surface area contributed by atoms with E-state index in [9.17, 15) is 19.2 Å². The summed E-state index contributed by atoms with van der Waals surface area (Å²) in [5.41, 5.74) is 49.1. The van der Waals surface area contributed by atoms with Crippen molar-refractivity contribution < 1.29 is 19.2 Å². The molecule has 16 aromatic heterocycles. The molecule has 16 aromatic rings. The van der Waals surface area contributed by atoms with E-state index in [2.05, 4.69) is 164 Å². The number of aryl methyl sites for hydroxylation is 2. The van der Waals surface area contributed by atoms with E-state index in [0.29, 0.717) is 96.2 Å². The number of imidazole rings is 1. The molecule has 23 heterocycles. The molecule has 0 unspecified atom stereocenters. The molecule has 40 nitrogen and oxygen atoms in total. The number of nitrogens with one attached hydrogen (secondary N) is 5. The molecule has 0 saturated carbocycles. The Labute approximate surface area is 820 Å². The summed E-state index contributed by atoms with van der Waals surface area (Å²) in [6, 6.07) is 23.3. The van der Waals surface area contributed by atoms with E-state index in [4.69, 9.17) is 38.0 Å². The molecule has 13 N–H and O–H groups in total. The average molecular weight is 1910 g/mol. The van der Waals surface area contributed by atoms with Gasteiger partial charge in [0.2, 0.25) is 17.7 Å². The highest BCUT2D eigenvalue weighted by atomic mass is 16.2. The van der Waals surface area contributed by atoms with Crippen LogP contribution in [-0.4, -0.2) is 218 Å². The predicted octanol–water partition coefficient (Wildman–Crippen LogP) is 11.9. The van der Waals surface area contributed by atoms with Crippen molar-refractivity contribution in [3.63, 3.8) is 0 Å². The summed E-state index contributed by atoms with van der Waals surface area (Å²) in [5.74, 6) is 7.46. The van der Waals surface area contributed by atoms with Gasteiger partial charge in [0.25, 0.3) is 5.91 Å². The van der Waals surface area contributed by atoms with Crippen LogP contribution in [0.4, 0.5) is 69.8 Å². The number of allylic oxidation sites excluding steroid dienone is 4. The van der Waals surface area contributed by atoms with E-state index in [1.54, 1.807) is 79.8 Å². The number of rotatable bonds is 13. The smallest absolute Gasteiger partial charge is 0.276 e. The fraction of sp³-hybridized carbons (Fsp3) is 0.243. The highest BCUT2D eigenvalue weighted by Gasteiger charge is 2.32. The summed E-state index contributed by atoms with van der Waals surface area (Å²) in [6.45, 7) is 29.2. The minimum absolute atomic E-state index is 0.0247. The van der Waals surface area contributed by atoms with Crippen LogP contribution in [0.5, 0.6) is 0 Å². The Morgan fingerprint density at radius 2 is 0.783 bits per heavy atom.